The summed E-state index contributed by atoms with van der Waals surface area (Å²) in [6.45, 7) is 2.71. The molecule has 0 saturated heterocycles. The smallest absolute Gasteiger partial charge is 0.261 e. The first-order valence-corrected chi connectivity index (χ1v) is 8.86. The number of hydrogen-bond donors (Lipinski definition) is 1. The molecule has 0 bridgehead atoms. The van der Waals surface area contributed by atoms with E-state index in [1.807, 2.05) is 38.4 Å². The second kappa shape index (κ2) is 7.70. The second-order valence-corrected chi connectivity index (χ2v) is 6.74. The van der Waals surface area contributed by atoms with Crippen molar-refractivity contribution in [3.63, 3.8) is 0 Å². The van der Waals surface area contributed by atoms with Crippen LogP contribution in [0.5, 0.6) is 5.75 Å². The highest BCUT2D eigenvalue weighted by Gasteiger charge is 2.29. The Morgan fingerprint density at radius 2 is 1.92 bits per heavy atom. The first-order valence-electron chi connectivity index (χ1n) is 8.86. The molecule has 2 unspecified atom stereocenters. The quantitative estimate of drug-likeness (QED) is 0.880. The minimum atomic E-state index is -0.428. The van der Waals surface area contributed by atoms with E-state index in [1.165, 1.54) is 11.1 Å². The summed E-state index contributed by atoms with van der Waals surface area (Å²) in [5.74, 6) is 0.773. The van der Waals surface area contributed by atoms with Crippen LogP contribution in [0.2, 0.25) is 0 Å². The molecule has 2 aromatic rings. The molecule has 1 aliphatic rings. The molecule has 3 rings (SSSR count). The minimum absolute atomic E-state index is 0.0479. The van der Waals surface area contributed by atoms with Crippen LogP contribution in [0.4, 0.5) is 0 Å². The SMILES string of the molecule is CCc1ccc(C(CNC(=O)C2Cc3ccccc3O2)N(C)C)cc1. The van der Waals surface area contributed by atoms with E-state index < -0.39 is 6.10 Å². The van der Waals surface area contributed by atoms with Crippen molar-refractivity contribution in [1.29, 1.82) is 0 Å². The number of benzene rings is 2. The molecule has 132 valence electrons. The van der Waals surface area contributed by atoms with Crippen molar-refractivity contribution in [3.8, 4) is 5.75 Å². The van der Waals surface area contributed by atoms with Crippen molar-refractivity contribution in [2.24, 2.45) is 0 Å². The van der Waals surface area contributed by atoms with Crippen LogP contribution in [0.3, 0.4) is 0 Å². The van der Waals surface area contributed by atoms with E-state index in [-0.39, 0.29) is 11.9 Å². The normalized spacial score (nSPS) is 17.0. The van der Waals surface area contributed by atoms with Gasteiger partial charge in [0.15, 0.2) is 6.10 Å². The molecule has 1 N–H and O–H groups in total. The van der Waals surface area contributed by atoms with Gasteiger partial charge in [-0.2, -0.15) is 0 Å². The lowest BCUT2D eigenvalue weighted by atomic mass is 10.0. The van der Waals surface area contributed by atoms with Crippen LogP contribution in [0.25, 0.3) is 0 Å². The van der Waals surface area contributed by atoms with Crippen molar-refractivity contribution in [2.75, 3.05) is 20.6 Å². The van der Waals surface area contributed by atoms with E-state index in [4.69, 9.17) is 4.74 Å². The molecular weight excluding hydrogens is 312 g/mol. The summed E-state index contributed by atoms with van der Waals surface area (Å²) in [7, 11) is 4.07. The Labute approximate surface area is 149 Å². The van der Waals surface area contributed by atoms with Gasteiger partial charge >= 0.3 is 0 Å². The van der Waals surface area contributed by atoms with Crippen LogP contribution < -0.4 is 10.1 Å². The lowest BCUT2D eigenvalue weighted by molar-refractivity contribution is -0.127. The molecule has 4 heteroatoms. The number of nitrogens with one attached hydrogen (secondary N) is 1. The first kappa shape index (κ1) is 17.5. The van der Waals surface area contributed by atoms with Gasteiger partial charge in [-0.1, -0.05) is 49.4 Å². The molecule has 25 heavy (non-hydrogen) atoms. The van der Waals surface area contributed by atoms with Crippen LogP contribution >= 0.6 is 0 Å². The Kier molecular flexibility index (Phi) is 5.39. The number of ether oxygens (including phenoxy) is 1. The maximum absolute atomic E-state index is 12.5. The molecule has 0 aromatic heterocycles. The van der Waals surface area contributed by atoms with Gasteiger partial charge in [0.05, 0.1) is 6.04 Å². The van der Waals surface area contributed by atoms with E-state index in [2.05, 4.69) is 41.4 Å². The van der Waals surface area contributed by atoms with Crippen molar-refractivity contribution in [3.05, 3.63) is 65.2 Å². The molecule has 2 aromatic carbocycles. The molecule has 2 atom stereocenters. The van der Waals surface area contributed by atoms with Crippen molar-refractivity contribution in [2.45, 2.75) is 31.9 Å². The second-order valence-electron chi connectivity index (χ2n) is 6.74. The molecule has 0 aliphatic carbocycles. The van der Waals surface area contributed by atoms with Gasteiger partial charge in [-0.25, -0.2) is 0 Å². The Balaban J connectivity index is 1.61. The Morgan fingerprint density at radius 1 is 1.20 bits per heavy atom. The van der Waals surface area contributed by atoms with Gasteiger partial charge in [-0.05, 0) is 43.3 Å². The Morgan fingerprint density at radius 3 is 2.56 bits per heavy atom. The summed E-state index contributed by atoms with van der Waals surface area (Å²) < 4.78 is 5.77. The zero-order valence-electron chi connectivity index (χ0n) is 15.2. The summed E-state index contributed by atoms with van der Waals surface area (Å²) >= 11 is 0. The van der Waals surface area contributed by atoms with Crippen LogP contribution in [0.1, 0.15) is 29.7 Å². The topological polar surface area (TPSA) is 41.6 Å². The summed E-state index contributed by atoms with van der Waals surface area (Å²) in [5, 5.41) is 3.06. The van der Waals surface area contributed by atoms with Crippen LogP contribution in [0, 0.1) is 0 Å². The fourth-order valence-corrected chi connectivity index (χ4v) is 3.21. The lowest BCUT2D eigenvalue weighted by Crippen LogP contribution is -2.41. The third kappa shape index (κ3) is 4.02. The number of carbonyl (C=O) groups is 1. The number of aryl methyl sites for hydroxylation is 1. The lowest BCUT2D eigenvalue weighted by Gasteiger charge is -2.26. The van der Waals surface area contributed by atoms with Crippen LogP contribution in [-0.2, 0) is 17.6 Å². The summed E-state index contributed by atoms with van der Waals surface area (Å²) in [5.41, 5.74) is 3.63. The van der Waals surface area contributed by atoms with E-state index in [9.17, 15) is 4.79 Å². The fraction of sp³-hybridized carbons (Fsp3) is 0.381. The van der Waals surface area contributed by atoms with Gasteiger partial charge in [0.25, 0.3) is 5.91 Å². The fourth-order valence-electron chi connectivity index (χ4n) is 3.21. The maximum Gasteiger partial charge on any atom is 0.261 e. The molecule has 1 heterocycles. The zero-order valence-corrected chi connectivity index (χ0v) is 15.2. The van der Waals surface area contributed by atoms with E-state index in [0.717, 1.165) is 17.7 Å². The minimum Gasteiger partial charge on any atom is -0.480 e. The highest BCUT2D eigenvalue weighted by Crippen LogP contribution is 2.28. The standard InChI is InChI=1S/C21H26N2O2/c1-4-15-9-11-16(12-10-15)18(23(2)3)14-22-21(24)20-13-17-7-5-6-8-19(17)25-20/h5-12,18,20H,4,13-14H2,1-3H3,(H,22,24). The molecule has 1 aliphatic heterocycles. The molecule has 0 saturated carbocycles. The number of nitrogens with zero attached hydrogens (tertiary/aromatic N) is 1. The number of para-hydroxylation sites is 1. The van der Waals surface area contributed by atoms with Gasteiger partial charge in [-0.3, -0.25) is 4.79 Å². The van der Waals surface area contributed by atoms with Crippen molar-refractivity contribution >= 4 is 5.91 Å². The monoisotopic (exact) mass is 338 g/mol. The first-order chi connectivity index (χ1) is 12.1. The van der Waals surface area contributed by atoms with Crippen molar-refractivity contribution < 1.29 is 9.53 Å². The third-order valence-corrected chi connectivity index (χ3v) is 4.81. The molecule has 4 nitrogen and oxygen atoms in total. The molecular formula is C21H26N2O2. The van der Waals surface area contributed by atoms with Crippen molar-refractivity contribution in [1.82, 2.24) is 10.2 Å². The van der Waals surface area contributed by atoms with E-state index >= 15 is 0 Å². The third-order valence-electron chi connectivity index (χ3n) is 4.81. The van der Waals surface area contributed by atoms with Gasteiger partial charge in [0.2, 0.25) is 0 Å². The van der Waals surface area contributed by atoms with E-state index in [0.29, 0.717) is 13.0 Å². The maximum atomic E-state index is 12.5. The van der Waals surface area contributed by atoms with Gasteiger partial charge in [0.1, 0.15) is 5.75 Å². The highest BCUT2D eigenvalue weighted by molar-refractivity contribution is 5.82. The molecule has 0 fully saturated rings. The summed E-state index contributed by atoms with van der Waals surface area (Å²) in [4.78, 5) is 14.6. The number of fused-ring (bicyclic) bond motifs is 1. The van der Waals surface area contributed by atoms with Gasteiger partial charge < -0.3 is 15.0 Å². The predicted molar refractivity (Wildman–Crippen MR) is 99.8 cm³/mol. The Hall–Kier alpha value is -2.33. The molecule has 1 amide bonds. The highest BCUT2D eigenvalue weighted by atomic mass is 16.5. The Bertz CT molecular complexity index is 700. The predicted octanol–water partition coefficient (Wildman–Crippen LogP) is 2.97. The molecule has 0 spiro atoms. The number of carbonyl (C=O) groups excluding carboxylic acids is 1. The van der Waals surface area contributed by atoms with Gasteiger partial charge in [0, 0.05) is 13.0 Å². The summed E-state index contributed by atoms with van der Waals surface area (Å²) in [6, 6.07) is 16.6. The number of amides is 1. The average molecular weight is 338 g/mol. The van der Waals surface area contributed by atoms with Gasteiger partial charge in [-0.15, -0.1) is 0 Å². The molecule has 0 radical (unpaired) electrons. The largest absolute Gasteiger partial charge is 0.480 e. The van der Waals surface area contributed by atoms with Crippen LogP contribution in [0.15, 0.2) is 48.5 Å². The van der Waals surface area contributed by atoms with E-state index in [1.54, 1.807) is 0 Å². The number of rotatable bonds is 6. The zero-order chi connectivity index (χ0) is 17.8. The summed E-state index contributed by atoms with van der Waals surface area (Å²) in [6.07, 6.45) is 1.24. The average Bonchev–Trinajstić information content (AvgIpc) is 3.06. The van der Waals surface area contributed by atoms with Crippen LogP contribution in [-0.4, -0.2) is 37.6 Å². The number of hydrogen-bond acceptors (Lipinski definition) is 3. The number of likely N-dealkylation sites (N-methyl/N-ethyl adjacent to an activating group) is 1.